The average Bonchev–Trinajstić information content (AvgIpc) is 1.32. The molecule has 0 aliphatic carbocycles. The van der Waals surface area contributed by atoms with Gasteiger partial charge in [-0.05, 0) is 31.6 Å². The molecule has 0 heterocycles. The first-order chi connectivity index (χ1) is 48.1. The summed E-state index contributed by atoms with van der Waals surface area (Å²) >= 11 is 0. The quantitative estimate of drug-likeness (QED) is 0.0222. The highest BCUT2D eigenvalue weighted by Crippen LogP contribution is 2.45. The van der Waals surface area contributed by atoms with Crippen LogP contribution in [0.25, 0.3) is 0 Å². The molecule has 0 amide bonds. The molecular formula is C80H156O17P2. The third-order valence-electron chi connectivity index (χ3n) is 19.1. The Morgan fingerprint density at radius 1 is 0.283 bits per heavy atom. The molecule has 19 heteroatoms. The van der Waals surface area contributed by atoms with Crippen LogP contribution in [0.3, 0.4) is 0 Å². The van der Waals surface area contributed by atoms with Gasteiger partial charge in [-0.15, -0.1) is 0 Å². The molecule has 0 aromatic carbocycles. The maximum Gasteiger partial charge on any atom is 0.472 e. The summed E-state index contributed by atoms with van der Waals surface area (Å²) in [5.74, 6) is -1.31. The molecule has 0 rings (SSSR count). The molecule has 17 nitrogen and oxygen atoms in total. The van der Waals surface area contributed by atoms with Crippen LogP contribution >= 0.6 is 15.6 Å². The van der Waals surface area contributed by atoms with Gasteiger partial charge in [0.2, 0.25) is 0 Å². The Morgan fingerprint density at radius 3 is 0.717 bits per heavy atom. The monoisotopic (exact) mass is 1450 g/mol. The van der Waals surface area contributed by atoms with Crippen LogP contribution in [0.15, 0.2) is 0 Å². The number of hydrogen-bond donors (Lipinski definition) is 3. The van der Waals surface area contributed by atoms with E-state index in [1.807, 2.05) is 0 Å². The number of phosphoric ester groups is 2. The van der Waals surface area contributed by atoms with Gasteiger partial charge in [-0.3, -0.25) is 37.3 Å². The maximum absolute atomic E-state index is 13.1. The van der Waals surface area contributed by atoms with E-state index >= 15 is 0 Å². The first-order valence-corrected chi connectivity index (χ1v) is 44.7. The van der Waals surface area contributed by atoms with E-state index in [4.69, 9.17) is 37.0 Å². The number of esters is 4. The highest BCUT2D eigenvalue weighted by atomic mass is 31.2. The van der Waals surface area contributed by atoms with E-state index in [2.05, 4.69) is 34.6 Å². The normalized spacial score (nSPS) is 14.1. The third-order valence-corrected chi connectivity index (χ3v) is 21.0. The van der Waals surface area contributed by atoms with Gasteiger partial charge in [0, 0.05) is 25.7 Å². The Hall–Kier alpha value is -1.94. The van der Waals surface area contributed by atoms with Gasteiger partial charge in [0.1, 0.15) is 19.3 Å². The Balaban J connectivity index is 5.22. The van der Waals surface area contributed by atoms with Crippen molar-refractivity contribution in [3.8, 4) is 0 Å². The van der Waals surface area contributed by atoms with Crippen LogP contribution in [-0.4, -0.2) is 96.7 Å². The second-order valence-corrected chi connectivity index (χ2v) is 32.0. The molecule has 0 aliphatic rings. The minimum Gasteiger partial charge on any atom is -0.462 e. The molecule has 6 atom stereocenters. The number of unbranched alkanes of at least 4 members (excludes halogenated alkanes) is 51. The molecule has 0 saturated carbocycles. The number of phosphoric acid groups is 2. The molecule has 0 bridgehead atoms. The van der Waals surface area contributed by atoms with E-state index in [1.165, 1.54) is 250 Å². The average molecular weight is 1450 g/mol. The van der Waals surface area contributed by atoms with Gasteiger partial charge in [-0.1, -0.05) is 375 Å². The van der Waals surface area contributed by atoms with Gasteiger partial charge in [0.15, 0.2) is 12.2 Å². The van der Waals surface area contributed by atoms with Gasteiger partial charge in [0.05, 0.1) is 26.4 Å². The number of carbonyl (C=O) groups excluding carboxylic acids is 4. The number of rotatable bonds is 80. The van der Waals surface area contributed by atoms with Crippen LogP contribution in [0.5, 0.6) is 0 Å². The lowest BCUT2D eigenvalue weighted by molar-refractivity contribution is -0.161. The van der Waals surface area contributed by atoms with Crippen molar-refractivity contribution in [3.05, 3.63) is 0 Å². The van der Waals surface area contributed by atoms with Gasteiger partial charge in [0.25, 0.3) is 0 Å². The topological polar surface area (TPSA) is 237 Å². The van der Waals surface area contributed by atoms with Gasteiger partial charge >= 0.3 is 39.5 Å². The summed E-state index contributed by atoms with van der Waals surface area (Å²) in [6.07, 6.45) is 63.8. The minimum absolute atomic E-state index is 0.107. The van der Waals surface area contributed by atoms with Crippen molar-refractivity contribution in [1.29, 1.82) is 0 Å². The molecule has 0 spiro atoms. The highest BCUT2D eigenvalue weighted by molar-refractivity contribution is 7.47. The van der Waals surface area contributed by atoms with Crippen LogP contribution < -0.4 is 0 Å². The van der Waals surface area contributed by atoms with E-state index in [9.17, 15) is 43.2 Å². The summed E-state index contributed by atoms with van der Waals surface area (Å²) < 4.78 is 68.7. The van der Waals surface area contributed by atoms with Crippen molar-refractivity contribution in [2.24, 2.45) is 5.92 Å². The van der Waals surface area contributed by atoms with Crippen LogP contribution in [0.4, 0.5) is 0 Å². The Kier molecular flexibility index (Phi) is 71.6. The van der Waals surface area contributed by atoms with Gasteiger partial charge < -0.3 is 33.8 Å². The molecule has 0 saturated heterocycles. The minimum atomic E-state index is -4.96. The number of aliphatic hydroxyl groups is 1. The molecule has 3 N–H and O–H groups in total. The highest BCUT2D eigenvalue weighted by Gasteiger charge is 2.30. The second-order valence-electron chi connectivity index (χ2n) is 29.1. The zero-order chi connectivity index (χ0) is 72.7. The molecule has 0 aliphatic heterocycles. The third kappa shape index (κ3) is 72.8. The zero-order valence-electron chi connectivity index (χ0n) is 64.6. The number of carbonyl (C=O) groups is 4. The lowest BCUT2D eigenvalue weighted by Gasteiger charge is -2.21. The Morgan fingerprint density at radius 2 is 0.485 bits per heavy atom. The summed E-state index contributed by atoms with van der Waals surface area (Å²) in [4.78, 5) is 72.9. The summed E-state index contributed by atoms with van der Waals surface area (Å²) in [5.41, 5.74) is 0. The van der Waals surface area contributed by atoms with Crippen molar-refractivity contribution >= 4 is 39.5 Å². The van der Waals surface area contributed by atoms with Gasteiger partial charge in [-0.25, -0.2) is 9.13 Å². The van der Waals surface area contributed by atoms with E-state index < -0.39 is 97.5 Å². The fourth-order valence-electron chi connectivity index (χ4n) is 12.4. The molecular weight excluding hydrogens is 1290 g/mol. The van der Waals surface area contributed by atoms with Crippen molar-refractivity contribution in [3.63, 3.8) is 0 Å². The molecule has 99 heavy (non-hydrogen) atoms. The van der Waals surface area contributed by atoms with E-state index in [-0.39, 0.29) is 25.7 Å². The summed E-state index contributed by atoms with van der Waals surface area (Å²) in [7, 11) is -9.92. The molecule has 588 valence electrons. The number of ether oxygens (including phenoxy) is 4. The van der Waals surface area contributed by atoms with Crippen molar-refractivity contribution in [2.45, 2.75) is 445 Å². The molecule has 0 aromatic rings. The van der Waals surface area contributed by atoms with E-state index in [1.54, 1.807) is 0 Å². The lowest BCUT2D eigenvalue weighted by Crippen LogP contribution is -2.30. The van der Waals surface area contributed by atoms with Crippen molar-refractivity contribution in [1.82, 2.24) is 0 Å². The molecule has 3 unspecified atom stereocenters. The lowest BCUT2D eigenvalue weighted by atomic mass is 9.99. The molecule has 0 fully saturated rings. The Labute approximate surface area is 607 Å². The smallest absolute Gasteiger partial charge is 0.462 e. The summed E-state index contributed by atoms with van der Waals surface area (Å²) in [5, 5.41) is 10.6. The fourth-order valence-corrected chi connectivity index (χ4v) is 14.0. The van der Waals surface area contributed by atoms with Gasteiger partial charge in [-0.2, -0.15) is 0 Å². The van der Waals surface area contributed by atoms with E-state index in [0.717, 1.165) is 95.8 Å². The van der Waals surface area contributed by atoms with E-state index in [0.29, 0.717) is 25.7 Å². The second kappa shape index (κ2) is 73.0. The van der Waals surface area contributed by atoms with Crippen LogP contribution in [-0.2, 0) is 65.4 Å². The standard InChI is InChI=1S/C80H156O17P2/c1-6-10-13-16-19-22-24-26-28-30-32-34-36-38-44-49-54-59-64-78(83)91-70-76(96-79(84)65-60-55-50-45-39-37-35-33-31-29-27-25-23-20-17-14-11-7-2)72-95-99(88,89)93-68-74(81)67-92-98(86,87)94-71-75(69-90-77(82)63-58-53-48-42-21-18-15-12-8-3)97-80(85)66-61-56-51-46-41-40-43-47-52-57-62-73(5)9-4/h73-76,81H,6-72H2,1-5H3,(H,86,87)(H,88,89)/t73?,74-,75+,76+/m0/s1. The number of hydrogen-bond acceptors (Lipinski definition) is 15. The predicted molar refractivity (Wildman–Crippen MR) is 405 cm³/mol. The van der Waals surface area contributed by atoms with Crippen molar-refractivity contribution < 1.29 is 80.2 Å². The first kappa shape index (κ1) is 97.1. The number of aliphatic hydroxyl groups excluding tert-OH is 1. The first-order valence-electron chi connectivity index (χ1n) is 41.7. The molecule has 0 aromatic heterocycles. The largest absolute Gasteiger partial charge is 0.472 e. The van der Waals surface area contributed by atoms with Crippen LogP contribution in [0, 0.1) is 5.92 Å². The predicted octanol–water partition coefficient (Wildman–Crippen LogP) is 24.0. The molecule has 0 radical (unpaired) electrons. The Bertz CT molecular complexity index is 1890. The summed E-state index contributed by atoms with van der Waals surface area (Å²) in [6, 6.07) is 0. The van der Waals surface area contributed by atoms with Crippen LogP contribution in [0.2, 0.25) is 0 Å². The maximum atomic E-state index is 13.1. The fraction of sp³-hybridized carbons (Fsp3) is 0.950. The van der Waals surface area contributed by atoms with Crippen molar-refractivity contribution in [2.75, 3.05) is 39.6 Å². The summed E-state index contributed by atoms with van der Waals surface area (Å²) in [6.45, 7) is 7.33. The zero-order valence-corrected chi connectivity index (χ0v) is 66.4. The SMILES string of the molecule is CCCCCCCCCCCCCCCCCCCCC(=O)OC[C@H](COP(=O)(O)OC[C@@H](O)COP(=O)(O)OC[C@@H](COC(=O)CCCCCCCCCCC)OC(=O)CCCCCCCCCCCCC(C)CC)OC(=O)CCCCCCCCCCCCCCCCCCCC. The van der Waals surface area contributed by atoms with Crippen LogP contribution in [0.1, 0.15) is 426 Å².